The monoisotopic (exact) mass is 244 g/mol. The summed E-state index contributed by atoms with van der Waals surface area (Å²) in [5.74, 6) is 0. The van der Waals surface area contributed by atoms with Crippen LogP contribution >= 0.6 is 0 Å². The molecule has 0 bridgehead atoms. The fourth-order valence-electron chi connectivity index (χ4n) is 1.62. The van der Waals surface area contributed by atoms with Crippen LogP contribution in [-0.4, -0.2) is 6.17 Å². The van der Waals surface area contributed by atoms with E-state index in [4.69, 9.17) is 0 Å². The molecule has 0 saturated heterocycles. The second kappa shape index (κ2) is 7.27. The van der Waals surface area contributed by atoms with Crippen molar-refractivity contribution in [2.45, 2.75) is 25.9 Å². The van der Waals surface area contributed by atoms with E-state index >= 15 is 0 Å². The van der Waals surface area contributed by atoms with Crippen LogP contribution in [0.5, 0.6) is 0 Å². The molecule has 94 valence electrons. The average molecular weight is 244 g/mol. The van der Waals surface area contributed by atoms with E-state index in [9.17, 15) is 9.81 Å². The summed E-state index contributed by atoms with van der Waals surface area (Å²) in [5, 5.41) is 5.31. The number of rotatable bonds is 7. The highest BCUT2D eigenvalue weighted by atomic mass is 16.3. The lowest BCUT2D eigenvalue weighted by Crippen LogP contribution is -2.01. The van der Waals surface area contributed by atoms with E-state index in [1.54, 1.807) is 6.08 Å². The molecule has 0 saturated carbocycles. The van der Waals surface area contributed by atoms with Gasteiger partial charge in [0.1, 0.15) is 0 Å². The normalized spacial score (nSPS) is 10.8. The van der Waals surface area contributed by atoms with Gasteiger partial charge in [-0.1, -0.05) is 43.0 Å². The maximum Gasteiger partial charge on any atom is 0.223 e. The molecule has 1 aromatic rings. The highest BCUT2D eigenvalue weighted by molar-refractivity contribution is 5.56. The molecule has 1 aromatic carbocycles. The summed E-state index contributed by atoms with van der Waals surface area (Å²) in [7, 11) is 0. The summed E-state index contributed by atoms with van der Waals surface area (Å²) in [5.41, 5.74) is 3.32. The molecular formula is C14H16N2O2. The van der Waals surface area contributed by atoms with E-state index in [1.165, 1.54) is 0 Å². The summed E-state index contributed by atoms with van der Waals surface area (Å²) < 4.78 is 0. The first-order chi connectivity index (χ1) is 8.71. The van der Waals surface area contributed by atoms with Crippen LogP contribution in [0.3, 0.4) is 0 Å². The molecule has 4 nitrogen and oxygen atoms in total. The Morgan fingerprint density at radius 2 is 2.06 bits per heavy atom. The molecule has 0 heterocycles. The van der Waals surface area contributed by atoms with Crippen molar-refractivity contribution in [3.05, 3.63) is 63.4 Å². The second-order valence-corrected chi connectivity index (χ2v) is 4.02. The van der Waals surface area contributed by atoms with Gasteiger partial charge in [0.2, 0.25) is 6.17 Å². The number of hydrogen-bond donors (Lipinski definition) is 0. The maximum absolute atomic E-state index is 10.3. The summed E-state index contributed by atoms with van der Waals surface area (Å²) in [6, 6.07) is 6.02. The SMILES string of the molecule is C=C/C=C\c1cc(CCC(N=O)N=O)ccc1C. The molecule has 0 aromatic heterocycles. The van der Waals surface area contributed by atoms with E-state index in [0.29, 0.717) is 12.8 Å². The zero-order valence-corrected chi connectivity index (χ0v) is 10.4. The molecule has 0 atom stereocenters. The number of benzene rings is 1. The van der Waals surface area contributed by atoms with E-state index in [-0.39, 0.29) is 0 Å². The minimum atomic E-state index is -0.988. The molecule has 0 N–H and O–H groups in total. The molecule has 0 unspecified atom stereocenters. The van der Waals surface area contributed by atoms with Crippen molar-refractivity contribution in [2.75, 3.05) is 0 Å². The second-order valence-electron chi connectivity index (χ2n) is 4.02. The Kier molecular flexibility index (Phi) is 5.64. The van der Waals surface area contributed by atoms with Crippen LogP contribution in [0.1, 0.15) is 23.1 Å². The van der Waals surface area contributed by atoms with Crippen molar-refractivity contribution in [1.29, 1.82) is 0 Å². The van der Waals surface area contributed by atoms with Crippen molar-refractivity contribution >= 4 is 6.08 Å². The Hall–Kier alpha value is -2.10. The van der Waals surface area contributed by atoms with Crippen LogP contribution in [0.4, 0.5) is 0 Å². The van der Waals surface area contributed by atoms with Crippen LogP contribution in [-0.2, 0) is 6.42 Å². The third-order valence-corrected chi connectivity index (χ3v) is 2.69. The van der Waals surface area contributed by atoms with E-state index in [0.717, 1.165) is 16.7 Å². The van der Waals surface area contributed by atoms with Crippen molar-refractivity contribution in [1.82, 2.24) is 0 Å². The molecular weight excluding hydrogens is 228 g/mol. The van der Waals surface area contributed by atoms with Gasteiger partial charge < -0.3 is 0 Å². The zero-order chi connectivity index (χ0) is 13.4. The summed E-state index contributed by atoms with van der Waals surface area (Å²) >= 11 is 0. The maximum atomic E-state index is 10.3. The van der Waals surface area contributed by atoms with Gasteiger partial charge in [-0.2, -0.15) is 0 Å². The highest BCUT2D eigenvalue weighted by Gasteiger charge is 2.08. The van der Waals surface area contributed by atoms with Gasteiger partial charge in [0.05, 0.1) is 0 Å². The molecule has 0 aliphatic carbocycles. The van der Waals surface area contributed by atoms with E-state index in [1.807, 2.05) is 37.3 Å². The minimum absolute atomic E-state index is 0.348. The average Bonchev–Trinajstić information content (AvgIpc) is 2.40. The fourth-order valence-corrected chi connectivity index (χ4v) is 1.62. The van der Waals surface area contributed by atoms with Gasteiger partial charge in [-0.15, -0.1) is 9.81 Å². The van der Waals surface area contributed by atoms with Gasteiger partial charge in [0, 0.05) is 6.42 Å². The van der Waals surface area contributed by atoms with E-state index in [2.05, 4.69) is 16.9 Å². The first-order valence-corrected chi connectivity index (χ1v) is 5.74. The topological polar surface area (TPSA) is 58.9 Å². The molecule has 0 aliphatic rings. The summed E-state index contributed by atoms with van der Waals surface area (Å²) in [6.07, 6.45) is 5.53. The molecule has 0 aliphatic heterocycles. The van der Waals surface area contributed by atoms with Crippen molar-refractivity contribution in [3.8, 4) is 0 Å². The standard InChI is InChI=1S/C14H16N2O2/c1-3-4-5-13-10-12(7-6-11(13)2)8-9-14(15-17)16-18/h3-7,10,14H,1,8-9H2,2H3/b5-4-. The van der Waals surface area contributed by atoms with E-state index < -0.39 is 6.17 Å². The Balaban J connectivity index is 2.78. The molecule has 1 rings (SSSR count). The van der Waals surface area contributed by atoms with Crippen LogP contribution < -0.4 is 0 Å². The molecule has 0 fully saturated rings. The lowest BCUT2D eigenvalue weighted by Gasteiger charge is -2.06. The van der Waals surface area contributed by atoms with Crippen molar-refractivity contribution < 1.29 is 0 Å². The first-order valence-electron chi connectivity index (χ1n) is 5.74. The highest BCUT2D eigenvalue weighted by Crippen LogP contribution is 2.15. The van der Waals surface area contributed by atoms with Gasteiger partial charge in [0.15, 0.2) is 0 Å². The van der Waals surface area contributed by atoms with Crippen LogP contribution in [0.2, 0.25) is 0 Å². The van der Waals surface area contributed by atoms with Crippen molar-refractivity contribution in [2.24, 2.45) is 10.4 Å². The lowest BCUT2D eigenvalue weighted by atomic mass is 10.0. The smallest absolute Gasteiger partial charge is 0.148 e. The van der Waals surface area contributed by atoms with Gasteiger partial charge in [-0.3, -0.25) is 0 Å². The molecule has 0 amide bonds. The third-order valence-electron chi connectivity index (χ3n) is 2.69. The predicted molar refractivity (Wildman–Crippen MR) is 74.1 cm³/mol. The number of aryl methyl sites for hydroxylation is 2. The van der Waals surface area contributed by atoms with Gasteiger partial charge in [0.25, 0.3) is 0 Å². The summed E-state index contributed by atoms with van der Waals surface area (Å²) in [4.78, 5) is 20.5. The quantitative estimate of drug-likeness (QED) is 0.538. The fraction of sp³-hybridized carbons (Fsp3) is 0.286. The minimum Gasteiger partial charge on any atom is -0.148 e. The van der Waals surface area contributed by atoms with Gasteiger partial charge in [-0.05, 0) is 40.4 Å². The largest absolute Gasteiger partial charge is 0.223 e. The zero-order valence-electron chi connectivity index (χ0n) is 10.4. The number of nitrogens with zero attached hydrogens (tertiary/aromatic N) is 2. The predicted octanol–water partition coefficient (Wildman–Crippen LogP) is 3.99. The Morgan fingerprint density at radius 3 is 2.67 bits per heavy atom. The van der Waals surface area contributed by atoms with Crippen molar-refractivity contribution in [3.63, 3.8) is 0 Å². The molecule has 18 heavy (non-hydrogen) atoms. The number of nitroso groups, excluding NO2 is 2. The van der Waals surface area contributed by atoms with Gasteiger partial charge >= 0.3 is 0 Å². The van der Waals surface area contributed by atoms with Crippen LogP contribution in [0.25, 0.3) is 6.08 Å². The number of hydrogen-bond acceptors (Lipinski definition) is 4. The molecule has 4 heteroatoms. The number of allylic oxidation sites excluding steroid dienone is 2. The Labute approximate surface area is 106 Å². The summed E-state index contributed by atoms with van der Waals surface area (Å²) in [6.45, 7) is 5.65. The third kappa shape index (κ3) is 4.05. The van der Waals surface area contributed by atoms with Gasteiger partial charge in [-0.25, -0.2) is 0 Å². The Morgan fingerprint density at radius 1 is 1.33 bits per heavy atom. The van der Waals surface area contributed by atoms with Crippen LogP contribution in [0.15, 0.2) is 47.3 Å². The first kappa shape index (κ1) is 14.0. The lowest BCUT2D eigenvalue weighted by molar-refractivity contribution is 0.634. The molecule has 0 radical (unpaired) electrons. The molecule has 0 spiro atoms. The van der Waals surface area contributed by atoms with Crippen LogP contribution in [0, 0.1) is 16.7 Å². The Bertz CT molecular complexity index is 459.